The molecule has 0 unspecified atom stereocenters. The summed E-state index contributed by atoms with van der Waals surface area (Å²) in [5.74, 6) is -0.0130. The van der Waals surface area contributed by atoms with E-state index in [1.807, 2.05) is 91.9 Å². The highest BCUT2D eigenvalue weighted by atomic mass is 28.4. The van der Waals surface area contributed by atoms with Gasteiger partial charge in [-0.15, -0.1) is 0 Å². The number of rotatable bonds is 10. The maximum Gasteiger partial charge on any atom is 0.288 e. The van der Waals surface area contributed by atoms with Crippen LogP contribution in [0.1, 0.15) is 31.4 Å². The number of hydrogen-bond acceptors (Lipinski definition) is 3. The first-order valence-electron chi connectivity index (χ1n) is 11.7. The van der Waals surface area contributed by atoms with Crippen molar-refractivity contribution in [2.24, 2.45) is 0 Å². The summed E-state index contributed by atoms with van der Waals surface area (Å²) in [5, 5.41) is 13.9. The highest BCUT2D eigenvalue weighted by molar-refractivity contribution is 7.07. The number of carbonyl (C=O) groups excluding carboxylic acids is 1. The third-order valence-corrected chi connectivity index (χ3v) is 10.2. The Kier molecular flexibility index (Phi) is 7.86. The van der Waals surface area contributed by atoms with Crippen LogP contribution in [0.2, 0.25) is 0 Å². The average Bonchev–Trinajstić information content (AvgIpc) is 2.89. The van der Waals surface area contributed by atoms with E-state index >= 15 is 0 Å². The summed E-state index contributed by atoms with van der Waals surface area (Å²) >= 11 is 0. The van der Waals surface area contributed by atoms with Gasteiger partial charge in [-0.25, -0.2) is 0 Å². The number of aliphatic hydroxyl groups excluding tert-OH is 1. The molecule has 0 fully saturated rings. The molecule has 34 heavy (non-hydrogen) atoms. The van der Waals surface area contributed by atoms with Crippen molar-refractivity contribution < 1.29 is 14.3 Å². The molecule has 0 aliphatic rings. The van der Waals surface area contributed by atoms with Crippen LogP contribution in [0.4, 0.5) is 0 Å². The summed E-state index contributed by atoms with van der Waals surface area (Å²) < 4.78 is 6.99. The molecule has 4 heteroatoms. The predicted octanol–water partition coefficient (Wildman–Crippen LogP) is 4.14. The summed E-state index contributed by atoms with van der Waals surface area (Å²) in [6.45, 7) is 1.96. The molecule has 0 heterocycles. The van der Waals surface area contributed by atoms with Crippen LogP contribution in [0.5, 0.6) is 0 Å². The van der Waals surface area contributed by atoms with E-state index in [-0.39, 0.29) is 24.7 Å². The Balaban J connectivity index is 1.64. The van der Waals surface area contributed by atoms with Crippen LogP contribution in [-0.4, -0.2) is 25.3 Å². The molecule has 0 bridgehead atoms. The lowest BCUT2D eigenvalue weighted by Gasteiger charge is -2.35. The summed E-state index contributed by atoms with van der Waals surface area (Å²) in [5.41, 5.74) is 0.756. The van der Waals surface area contributed by atoms with E-state index in [0.29, 0.717) is 0 Å². The van der Waals surface area contributed by atoms with Crippen LogP contribution in [0.25, 0.3) is 0 Å². The van der Waals surface area contributed by atoms with Crippen LogP contribution in [-0.2, 0) is 9.22 Å². The maximum atomic E-state index is 12.9. The zero-order valence-electron chi connectivity index (χ0n) is 19.4. The fraction of sp³-hybridized carbons (Fsp3) is 0.167. The molecule has 2 atom stereocenters. The van der Waals surface area contributed by atoms with Crippen LogP contribution in [0, 0.1) is 0 Å². The van der Waals surface area contributed by atoms with E-state index in [1.54, 1.807) is 0 Å². The molecule has 4 aromatic rings. The molecule has 0 saturated carbocycles. The number of aliphatic hydroxyl groups is 1. The van der Waals surface area contributed by atoms with E-state index in [0.717, 1.165) is 21.1 Å². The van der Waals surface area contributed by atoms with Gasteiger partial charge in [-0.1, -0.05) is 121 Å². The second-order valence-corrected chi connectivity index (χ2v) is 11.9. The molecule has 0 saturated heterocycles. The smallest absolute Gasteiger partial charge is 0.288 e. The van der Waals surface area contributed by atoms with Crippen molar-refractivity contribution in [3.05, 3.63) is 127 Å². The second kappa shape index (κ2) is 11.2. The van der Waals surface area contributed by atoms with Crippen molar-refractivity contribution in [1.82, 2.24) is 0 Å². The first-order valence-corrected chi connectivity index (χ1v) is 13.6. The van der Waals surface area contributed by atoms with E-state index in [9.17, 15) is 9.90 Å². The van der Waals surface area contributed by atoms with E-state index < -0.39 is 14.4 Å². The number of ketones is 1. The van der Waals surface area contributed by atoms with Gasteiger partial charge in [0.25, 0.3) is 8.32 Å². The minimum absolute atomic E-state index is 0.0130. The number of benzene rings is 4. The zero-order valence-corrected chi connectivity index (χ0v) is 20.4. The molecule has 0 aromatic heterocycles. The highest BCUT2D eigenvalue weighted by Gasteiger charge is 2.43. The van der Waals surface area contributed by atoms with Crippen LogP contribution in [0.15, 0.2) is 121 Å². The SMILES string of the molecule is C[C@H](CC(=O)C[C@@H](O)c1ccccc1)O[Si](c1ccccc1)(c1ccccc1)c1ccccc1. The zero-order chi connectivity index (χ0) is 23.8. The van der Waals surface area contributed by atoms with Crippen molar-refractivity contribution >= 4 is 29.7 Å². The largest absolute Gasteiger partial charge is 0.401 e. The van der Waals surface area contributed by atoms with Crippen molar-refractivity contribution in [3.8, 4) is 0 Å². The lowest BCUT2D eigenvalue weighted by molar-refractivity contribution is -0.122. The van der Waals surface area contributed by atoms with Crippen molar-refractivity contribution in [1.29, 1.82) is 0 Å². The number of Topliss-reactive ketones (excluding diaryl/α,β-unsaturated/α-hetero) is 1. The number of carbonyl (C=O) groups is 1. The Morgan fingerprint density at radius 3 is 1.47 bits per heavy atom. The van der Waals surface area contributed by atoms with Crippen LogP contribution >= 0.6 is 0 Å². The van der Waals surface area contributed by atoms with Gasteiger partial charge in [-0.2, -0.15) is 0 Å². The monoisotopic (exact) mass is 466 g/mol. The molecule has 0 radical (unpaired) electrons. The van der Waals surface area contributed by atoms with Gasteiger partial charge in [-0.05, 0) is 28.0 Å². The maximum absolute atomic E-state index is 12.9. The summed E-state index contributed by atoms with van der Waals surface area (Å²) in [4.78, 5) is 12.9. The van der Waals surface area contributed by atoms with Gasteiger partial charge in [0.2, 0.25) is 0 Å². The predicted molar refractivity (Wildman–Crippen MR) is 140 cm³/mol. The third-order valence-electron chi connectivity index (χ3n) is 6.04. The molecule has 0 aliphatic heterocycles. The van der Waals surface area contributed by atoms with Gasteiger partial charge in [0, 0.05) is 12.8 Å². The van der Waals surface area contributed by atoms with E-state index in [1.165, 1.54) is 0 Å². The van der Waals surface area contributed by atoms with Crippen LogP contribution < -0.4 is 15.6 Å². The highest BCUT2D eigenvalue weighted by Crippen LogP contribution is 2.19. The van der Waals surface area contributed by atoms with E-state index in [4.69, 9.17) is 4.43 Å². The molecule has 0 amide bonds. The standard InChI is InChI=1S/C30H30O3Si/c1-24(22-26(31)23-30(32)25-14-6-2-7-15-25)33-34(27-16-8-3-9-17-27,28-18-10-4-11-19-28)29-20-12-5-13-21-29/h2-21,24,30,32H,22-23H2,1H3/t24-,30-/m1/s1. The first-order chi connectivity index (χ1) is 16.6. The van der Waals surface area contributed by atoms with Gasteiger partial charge in [0.05, 0.1) is 12.2 Å². The molecule has 172 valence electrons. The van der Waals surface area contributed by atoms with Gasteiger partial charge in [0.1, 0.15) is 5.78 Å². The Bertz CT molecular complexity index is 1070. The van der Waals surface area contributed by atoms with Crippen LogP contribution in [0.3, 0.4) is 0 Å². The average molecular weight is 467 g/mol. The van der Waals surface area contributed by atoms with Gasteiger partial charge in [-0.3, -0.25) is 4.79 Å². The fourth-order valence-electron chi connectivity index (χ4n) is 4.48. The normalized spacial score (nSPS) is 13.2. The Morgan fingerprint density at radius 2 is 1.06 bits per heavy atom. The fourth-order valence-corrected chi connectivity index (χ4v) is 8.56. The number of hydrogen-bond donors (Lipinski definition) is 1. The lowest BCUT2D eigenvalue weighted by Crippen LogP contribution is -2.70. The third kappa shape index (κ3) is 5.42. The second-order valence-electron chi connectivity index (χ2n) is 8.58. The topological polar surface area (TPSA) is 46.5 Å². The van der Waals surface area contributed by atoms with E-state index in [2.05, 4.69) is 36.4 Å². The summed E-state index contributed by atoms with van der Waals surface area (Å²) in [6, 6.07) is 40.3. The van der Waals surface area contributed by atoms with Gasteiger partial charge in [0.15, 0.2) is 0 Å². The van der Waals surface area contributed by atoms with Crippen molar-refractivity contribution in [3.63, 3.8) is 0 Å². The molecule has 4 aromatic carbocycles. The Morgan fingerprint density at radius 1 is 0.676 bits per heavy atom. The molecule has 4 rings (SSSR count). The molecule has 3 nitrogen and oxygen atoms in total. The van der Waals surface area contributed by atoms with Crippen molar-refractivity contribution in [2.75, 3.05) is 0 Å². The molecular formula is C30H30O3Si. The quantitative estimate of drug-likeness (QED) is 0.282. The summed E-state index contributed by atoms with van der Waals surface area (Å²) in [7, 11) is -2.87. The first kappa shape index (κ1) is 23.8. The molecular weight excluding hydrogens is 436 g/mol. The molecule has 0 spiro atoms. The lowest BCUT2D eigenvalue weighted by atomic mass is 10.0. The molecule has 0 aliphatic carbocycles. The molecule has 1 N–H and O–H groups in total. The Labute approximate surface area is 202 Å². The van der Waals surface area contributed by atoms with Gasteiger partial charge < -0.3 is 9.53 Å². The Hall–Kier alpha value is -3.31. The minimum Gasteiger partial charge on any atom is -0.401 e. The van der Waals surface area contributed by atoms with Gasteiger partial charge >= 0.3 is 0 Å². The minimum atomic E-state index is -2.87. The summed E-state index contributed by atoms with van der Waals surface area (Å²) in [6.07, 6.45) is -0.803. The van der Waals surface area contributed by atoms with Crippen molar-refractivity contribution in [2.45, 2.75) is 32.0 Å².